The summed E-state index contributed by atoms with van der Waals surface area (Å²) in [6, 6.07) is 13.3. The number of non-ortho nitro benzene ring substituents is 1. The molecule has 2 N–H and O–H groups in total. The Morgan fingerprint density at radius 1 is 1.03 bits per heavy atom. The number of aryl methyl sites for hydroxylation is 1. The lowest BCUT2D eigenvalue weighted by Gasteiger charge is -2.27. The smallest absolute Gasteiger partial charge is 0.270 e. The number of hydrogen-bond donors (Lipinski definition) is 2. The van der Waals surface area contributed by atoms with Crippen LogP contribution in [0.1, 0.15) is 5.69 Å². The third-order valence-corrected chi connectivity index (χ3v) is 6.26. The molecule has 12 heteroatoms. The van der Waals surface area contributed by atoms with Crippen LogP contribution in [0.15, 0.2) is 59.5 Å². The van der Waals surface area contributed by atoms with Gasteiger partial charge in [0.25, 0.3) is 15.7 Å². The van der Waals surface area contributed by atoms with Crippen molar-refractivity contribution in [1.29, 1.82) is 0 Å². The fourth-order valence-electron chi connectivity index (χ4n) is 3.27. The zero-order chi connectivity index (χ0) is 23.4. The summed E-state index contributed by atoms with van der Waals surface area (Å²) in [7, 11) is -3.98. The van der Waals surface area contributed by atoms with Crippen molar-refractivity contribution in [3.63, 3.8) is 0 Å². The highest BCUT2D eigenvalue weighted by molar-refractivity contribution is 7.92. The molecule has 0 unspecified atom stereocenters. The van der Waals surface area contributed by atoms with E-state index in [1.54, 1.807) is 24.3 Å². The second-order valence-electron chi connectivity index (χ2n) is 7.36. The Morgan fingerprint density at radius 3 is 2.42 bits per heavy atom. The molecule has 2 aromatic carbocycles. The number of ether oxygens (including phenoxy) is 1. The average Bonchev–Trinajstić information content (AvgIpc) is 2.80. The number of rotatable bonds is 7. The molecule has 0 aliphatic carbocycles. The third-order valence-electron chi connectivity index (χ3n) is 4.88. The summed E-state index contributed by atoms with van der Waals surface area (Å²) in [6.07, 6.45) is 0. The highest BCUT2D eigenvalue weighted by atomic mass is 32.2. The Labute approximate surface area is 190 Å². The Kier molecular flexibility index (Phi) is 6.38. The number of nitrogens with one attached hydrogen (secondary N) is 2. The normalized spacial score (nSPS) is 14.0. The number of aromatic nitrogens is 2. The van der Waals surface area contributed by atoms with Gasteiger partial charge in [-0.3, -0.25) is 14.8 Å². The Hall–Kier alpha value is -3.77. The zero-order valence-electron chi connectivity index (χ0n) is 17.8. The van der Waals surface area contributed by atoms with Gasteiger partial charge >= 0.3 is 0 Å². The maximum atomic E-state index is 12.6. The van der Waals surface area contributed by atoms with Crippen LogP contribution in [0.4, 0.5) is 28.8 Å². The summed E-state index contributed by atoms with van der Waals surface area (Å²) in [5, 5.41) is 14.1. The Morgan fingerprint density at radius 2 is 1.73 bits per heavy atom. The van der Waals surface area contributed by atoms with Crippen molar-refractivity contribution in [2.24, 2.45) is 0 Å². The van der Waals surface area contributed by atoms with Crippen molar-refractivity contribution in [3.05, 3.63) is 70.4 Å². The molecular weight excluding hydrogens is 448 g/mol. The van der Waals surface area contributed by atoms with Gasteiger partial charge in [0, 0.05) is 48.4 Å². The average molecular weight is 471 g/mol. The van der Waals surface area contributed by atoms with Gasteiger partial charge in [-0.15, -0.1) is 0 Å². The van der Waals surface area contributed by atoms with Gasteiger partial charge in [-0.1, -0.05) is 6.07 Å². The lowest BCUT2D eigenvalue weighted by Crippen LogP contribution is -2.37. The van der Waals surface area contributed by atoms with E-state index in [-0.39, 0.29) is 10.6 Å². The molecule has 1 aliphatic rings. The van der Waals surface area contributed by atoms with Crippen molar-refractivity contribution in [2.75, 3.05) is 41.2 Å². The quantitative estimate of drug-likeness (QED) is 0.394. The van der Waals surface area contributed by atoms with Crippen LogP contribution >= 0.6 is 0 Å². The van der Waals surface area contributed by atoms with Gasteiger partial charge in [0.15, 0.2) is 0 Å². The van der Waals surface area contributed by atoms with Crippen LogP contribution in [0.2, 0.25) is 0 Å². The van der Waals surface area contributed by atoms with E-state index in [1.807, 2.05) is 13.0 Å². The summed E-state index contributed by atoms with van der Waals surface area (Å²) >= 11 is 0. The first kappa shape index (κ1) is 22.4. The fourth-order valence-corrected chi connectivity index (χ4v) is 4.37. The van der Waals surface area contributed by atoms with Gasteiger partial charge in [-0.2, -0.15) is 4.98 Å². The van der Waals surface area contributed by atoms with E-state index in [9.17, 15) is 18.5 Å². The number of sulfonamides is 1. The van der Waals surface area contributed by atoms with E-state index in [0.29, 0.717) is 36.4 Å². The van der Waals surface area contributed by atoms with E-state index < -0.39 is 14.9 Å². The van der Waals surface area contributed by atoms with Crippen LogP contribution in [0.5, 0.6) is 0 Å². The predicted octanol–water partition coefficient (Wildman–Crippen LogP) is 3.07. The third kappa shape index (κ3) is 5.54. The van der Waals surface area contributed by atoms with Crippen molar-refractivity contribution >= 4 is 38.9 Å². The minimum Gasteiger partial charge on any atom is -0.378 e. The minimum atomic E-state index is -3.98. The fraction of sp³-hybridized carbons (Fsp3) is 0.238. The van der Waals surface area contributed by atoms with Crippen LogP contribution in [0.25, 0.3) is 0 Å². The van der Waals surface area contributed by atoms with Gasteiger partial charge in [-0.25, -0.2) is 13.4 Å². The minimum absolute atomic E-state index is 0.189. The standard InChI is InChI=1S/C21H22N6O5S/c1-15-13-20(24-21(22-15)26-9-11-32-12-10-26)23-16-5-7-17(8-6-16)25-33(30,31)19-4-2-3-18(14-19)27(28)29/h2-8,13-14,25H,9-12H2,1H3,(H,22,23,24). The Balaban J connectivity index is 1.47. The highest BCUT2D eigenvalue weighted by Gasteiger charge is 2.18. The molecule has 1 saturated heterocycles. The van der Waals surface area contributed by atoms with Gasteiger partial charge in [0.05, 0.1) is 23.0 Å². The summed E-state index contributed by atoms with van der Waals surface area (Å²) in [5.74, 6) is 1.25. The summed E-state index contributed by atoms with van der Waals surface area (Å²) in [4.78, 5) is 21.2. The van der Waals surface area contributed by atoms with E-state index in [4.69, 9.17) is 4.74 Å². The molecule has 172 valence electrons. The summed E-state index contributed by atoms with van der Waals surface area (Å²) < 4.78 is 33.0. The van der Waals surface area contributed by atoms with E-state index in [0.717, 1.165) is 24.8 Å². The van der Waals surface area contributed by atoms with Crippen molar-refractivity contribution in [1.82, 2.24) is 9.97 Å². The first-order valence-corrected chi connectivity index (χ1v) is 11.6. The lowest BCUT2D eigenvalue weighted by atomic mass is 10.3. The molecule has 2 heterocycles. The second-order valence-corrected chi connectivity index (χ2v) is 9.04. The van der Waals surface area contributed by atoms with Gasteiger partial charge in [-0.05, 0) is 37.3 Å². The molecule has 33 heavy (non-hydrogen) atoms. The molecule has 0 saturated carbocycles. The number of nitrogens with zero attached hydrogens (tertiary/aromatic N) is 4. The van der Waals surface area contributed by atoms with Crippen LogP contribution in [-0.2, 0) is 14.8 Å². The summed E-state index contributed by atoms with van der Waals surface area (Å²) in [6.45, 7) is 4.61. The second kappa shape index (κ2) is 9.38. The van der Waals surface area contributed by atoms with Crippen molar-refractivity contribution < 1.29 is 18.1 Å². The number of morpholine rings is 1. The Bertz CT molecular complexity index is 1260. The van der Waals surface area contributed by atoms with Crippen LogP contribution in [-0.4, -0.2) is 49.6 Å². The molecule has 1 aliphatic heterocycles. The molecule has 0 atom stereocenters. The molecule has 1 fully saturated rings. The van der Waals surface area contributed by atoms with Crippen molar-refractivity contribution in [2.45, 2.75) is 11.8 Å². The number of anilines is 4. The maximum Gasteiger partial charge on any atom is 0.270 e. The van der Waals surface area contributed by atoms with E-state index >= 15 is 0 Å². The molecule has 0 radical (unpaired) electrons. The lowest BCUT2D eigenvalue weighted by molar-refractivity contribution is -0.385. The highest BCUT2D eigenvalue weighted by Crippen LogP contribution is 2.23. The maximum absolute atomic E-state index is 12.6. The molecule has 3 aromatic rings. The summed E-state index contributed by atoms with van der Waals surface area (Å²) in [5.41, 5.74) is 1.54. The number of nitro groups is 1. The first-order chi connectivity index (χ1) is 15.8. The topological polar surface area (TPSA) is 140 Å². The zero-order valence-corrected chi connectivity index (χ0v) is 18.6. The molecule has 1 aromatic heterocycles. The van der Waals surface area contributed by atoms with Crippen LogP contribution in [0, 0.1) is 17.0 Å². The molecule has 4 rings (SSSR count). The molecule has 0 spiro atoms. The number of hydrogen-bond acceptors (Lipinski definition) is 9. The number of benzene rings is 2. The van der Waals surface area contributed by atoms with E-state index in [1.165, 1.54) is 18.2 Å². The van der Waals surface area contributed by atoms with Gasteiger partial charge < -0.3 is 15.0 Å². The largest absolute Gasteiger partial charge is 0.378 e. The SMILES string of the molecule is Cc1cc(Nc2ccc(NS(=O)(=O)c3cccc([N+](=O)[O-])c3)cc2)nc(N2CCOCC2)n1. The van der Waals surface area contributed by atoms with Gasteiger partial charge in [0.2, 0.25) is 5.95 Å². The molecule has 0 amide bonds. The van der Waals surface area contributed by atoms with Crippen LogP contribution in [0.3, 0.4) is 0 Å². The molecule has 0 bridgehead atoms. The molecular formula is C21H22N6O5S. The van der Waals surface area contributed by atoms with E-state index in [2.05, 4.69) is 24.9 Å². The van der Waals surface area contributed by atoms with Gasteiger partial charge in [0.1, 0.15) is 5.82 Å². The first-order valence-electron chi connectivity index (χ1n) is 10.1. The monoisotopic (exact) mass is 470 g/mol. The predicted molar refractivity (Wildman–Crippen MR) is 123 cm³/mol. The van der Waals surface area contributed by atoms with Crippen LogP contribution < -0.4 is 14.9 Å². The number of nitro benzene ring substituents is 1. The van der Waals surface area contributed by atoms with Crippen molar-refractivity contribution in [3.8, 4) is 0 Å². The molecule has 11 nitrogen and oxygen atoms in total.